The van der Waals surface area contributed by atoms with Crippen LogP contribution >= 0.6 is 24.6 Å². The zero-order chi connectivity index (χ0) is 22.1. The van der Waals surface area contributed by atoms with Gasteiger partial charge in [0.15, 0.2) is 4.77 Å². The van der Waals surface area contributed by atoms with Gasteiger partial charge in [0.05, 0.1) is 11.3 Å². The highest BCUT2D eigenvalue weighted by Gasteiger charge is 2.25. The summed E-state index contributed by atoms with van der Waals surface area (Å²) in [4.78, 5) is 11.0. The fourth-order valence-corrected chi connectivity index (χ4v) is 4.74. The Balaban J connectivity index is 0.00000289. The van der Waals surface area contributed by atoms with Gasteiger partial charge in [0, 0.05) is 31.4 Å². The second kappa shape index (κ2) is 9.94. The van der Waals surface area contributed by atoms with E-state index in [1.54, 1.807) is 24.3 Å². The highest BCUT2D eigenvalue weighted by atomic mass is 35.5. The molecule has 3 aromatic rings. The summed E-state index contributed by atoms with van der Waals surface area (Å²) in [5.74, 6) is -2.00. The topological polar surface area (TPSA) is 73.2 Å². The quantitative estimate of drug-likeness (QED) is 0.496. The summed E-state index contributed by atoms with van der Waals surface area (Å²) in [7, 11) is 0. The van der Waals surface area contributed by atoms with Gasteiger partial charge in [0.1, 0.15) is 11.6 Å². The van der Waals surface area contributed by atoms with Crippen molar-refractivity contribution in [2.24, 2.45) is 5.73 Å². The van der Waals surface area contributed by atoms with Crippen molar-refractivity contribution >= 4 is 30.6 Å². The van der Waals surface area contributed by atoms with Gasteiger partial charge in [-0.2, -0.15) is 0 Å². The number of nitrogens with zero attached hydrogens (tertiary/aromatic N) is 2. The molecule has 0 bridgehead atoms. The number of aromatic carboxylic acids is 1. The number of imidazole rings is 1. The second-order valence-corrected chi connectivity index (χ2v) is 8.21. The molecular formula is C23H24ClF2N3O2S. The van der Waals surface area contributed by atoms with Crippen molar-refractivity contribution in [1.82, 2.24) is 9.13 Å². The molecule has 3 N–H and O–H groups in total. The van der Waals surface area contributed by atoms with Crippen molar-refractivity contribution in [2.75, 3.05) is 0 Å². The highest BCUT2D eigenvalue weighted by Crippen LogP contribution is 2.32. The summed E-state index contributed by atoms with van der Waals surface area (Å²) >= 11 is 5.73. The Morgan fingerprint density at radius 1 is 1.22 bits per heavy atom. The first-order valence-corrected chi connectivity index (χ1v) is 10.6. The molecule has 0 radical (unpaired) electrons. The Hall–Kier alpha value is -2.55. The maximum Gasteiger partial charge on any atom is 0.335 e. The molecule has 0 aliphatic heterocycles. The maximum absolute atomic E-state index is 14.1. The van der Waals surface area contributed by atoms with E-state index in [1.165, 1.54) is 6.07 Å². The molecule has 1 atom stereocenters. The van der Waals surface area contributed by atoms with Crippen molar-refractivity contribution in [2.45, 2.75) is 44.8 Å². The first kappa shape index (κ1) is 24.1. The average molecular weight is 480 g/mol. The van der Waals surface area contributed by atoms with Crippen LogP contribution in [0.4, 0.5) is 8.78 Å². The molecule has 0 saturated carbocycles. The van der Waals surface area contributed by atoms with E-state index in [4.69, 9.17) is 23.1 Å². The average Bonchev–Trinajstić information content (AvgIpc) is 3.07. The minimum absolute atomic E-state index is 0. The van der Waals surface area contributed by atoms with Gasteiger partial charge in [-0.3, -0.25) is 0 Å². The first-order chi connectivity index (χ1) is 14.9. The van der Waals surface area contributed by atoms with Gasteiger partial charge >= 0.3 is 5.97 Å². The number of halogens is 3. The van der Waals surface area contributed by atoms with Crippen LogP contribution < -0.4 is 5.73 Å². The van der Waals surface area contributed by atoms with Crippen LogP contribution in [-0.2, 0) is 32.4 Å². The number of rotatable bonds is 6. The molecule has 4 rings (SSSR count). The van der Waals surface area contributed by atoms with Crippen LogP contribution in [0.15, 0.2) is 42.6 Å². The highest BCUT2D eigenvalue weighted by molar-refractivity contribution is 7.71. The van der Waals surface area contributed by atoms with Crippen molar-refractivity contribution in [3.05, 3.63) is 86.9 Å². The summed E-state index contributed by atoms with van der Waals surface area (Å²) in [6.45, 7) is 0.933. The summed E-state index contributed by atoms with van der Waals surface area (Å²) in [5.41, 5.74) is 9.39. The normalized spacial score (nSPS) is 15.2. The molecule has 0 fully saturated rings. The van der Waals surface area contributed by atoms with Gasteiger partial charge in [0.25, 0.3) is 0 Å². The molecule has 5 nitrogen and oxygen atoms in total. The SMILES string of the molecule is Cl.NCc1cn(CCc2ccc(C(=O)O)cc2)c(=S)n1C1CCc2c(F)cc(F)cc2C1. The number of nitrogens with two attached hydrogens (primary N) is 1. The summed E-state index contributed by atoms with van der Waals surface area (Å²) < 4.78 is 32.4. The third-order valence-corrected chi connectivity index (χ3v) is 6.35. The van der Waals surface area contributed by atoms with Gasteiger partial charge in [-0.25, -0.2) is 13.6 Å². The molecule has 170 valence electrons. The Morgan fingerprint density at radius 2 is 1.94 bits per heavy atom. The van der Waals surface area contributed by atoms with E-state index in [2.05, 4.69) is 0 Å². The third-order valence-electron chi connectivity index (χ3n) is 5.92. The molecule has 2 aromatic carbocycles. The van der Waals surface area contributed by atoms with Crippen LogP contribution in [0.1, 0.15) is 45.2 Å². The number of hydrogen-bond donors (Lipinski definition) is 2. The standard InChI is InChI=1S/C23H23F2N3O2S.ClH/c24-17-9-16-10-18(5-6-20(16)21(25)11-17)28-19(12-26)13-27(23(28)31)8-7-14-1-3-15(4-2-14)22(29)30;/h1-4,9,11,13,18H,5-8,10,12,26H2,(H,29,30);1H. The summed E-state index contributed by atoms with van der Waals surface area (Å²) in [6.07, 6.45) is 4.37. The molecule has 1 aliphatic carbocycles. The Bertz CT molecular complexity index is 1190. The van der Waals surface area contributed by atoms with Crippen LogP contribution in [0.25, 0.3) is 0 Å². The summed E-state index contributed by atoms with van der Waals surface area (Å²) in [5, 5.41) is 9.02. The van der Waals surface area contributed by atoms with E-state index in [0.717, 1.165) is 17.3 Å². The van der Waals surface area contributed by atoms with Crippen molar-refractivity contribution in [3.8, 4) is 0 Å². The van der Waals surface area contributed by atoms with Gasteiger partial charge in [-0.05, 0) is 72.8 Å². The number of aromatic nitrogens is 2. The van der Waals surface area contributed by atoms with E-state index in [9.17, 15) is 13.6 Å². The smallest absolute Gasteiger partial charge is 0.335 e. The largest absolute Gasteiger partial charge is 0.478 e. The number of aryl methyl sites for hydroxylation is 2. The van der Waals surface area contributed by atoms with Gasteiger partial charge in [0.2, 0.25) is 0 Å². The number of carbonyl (C=O) groups is 1. The van der Waals surface area contributed by atoms with Crippen LogP contribution in [0.2, 0.25) is 0 Å². The van der Waals surface area contributed by atoms with E-state index < -0.39 is 17.6 Å². The van der Waals surface area contributed by atoms with Gasteiger partial charge in [-0.1, -0.05) is 12.1 Å². The lowest BCUT2D eigenvalue weighted by molar-refractivity contribution is 0.0697. The predicted molar refractivity (Wildman–Crippen MR) is 123 cm³/mol. The molecule has 32 heavy (non-hydrogen) atoms. The minimum Gasteiger partial charge on any atom is -0.478 e. The number of carboxylic acids is 1. The fraction of sp³-hybridized carbons (Fsp3) is 0.304. The molecule has 0 amide bonds. The van der Waals surface area contributed by atoms with Crippen molar-refractivity contribution in [3.63, 3.8) is 0 Å². The van der Waals surface area contributed by atoms with E-state index in [1.807, 2.05) is 15.3 Å². The Kier molecular flexibility index (Phi) is 7.48. The lowest BCUT2D eigenvalue weighted by Crippen LogP contribution is -2.22. The van der Waals surface area contributed by atoms with Crippen molar-refractivity contribution in [1.29, 1.82) is 0 Å². The zero-order valence-electron chi connectivity index (χ0n) is 17.3. The second-order valence-electron chi connectivity index (χ2n) is 7.84. The lowest BCUT2D eigenvalue weighted by Gasteiger charge is -2.27. The number of hydrogen-bond acceptors (Lipinski definition) is 3. The van der Waals surface area contributed by atoms with Gasteiger partial charge < -0.3 is 20.0 Å². The Morgan fingerprint density at radius 3 is 2.59 bits per heavy atom. The van der Waals surface area contributed by atoms with Crippen LogP contribution in [-0.4, -0.2) is 20.2 Å². The van der Waals surface area contributed by atoms with E-state index in [0.29, 0.717) is 54.7 Å². The van der Waals surface area contributed by atoms with E-state index in [-0.39, 0.29) is 24.0 Å². The molecule has 1 aromatic heterocycles. The number of benzene rings is 2. The van der Waals surface area contributed by atoms with Crippen LogP contribution in [0.5, 0.6) is 0 Å². The van der Waals surface area contributed by atoms with Crippen molar-refractivity contribution < 1.29 is 18.7 Å². The summed E-state index contributed by atoms with van der Waals surface area (Å²) in [6, 6.07) is 9.13. The monoisotopic (exact) mass is 479 g/mol. The molecule has 1 heterocycles. The van der Waals surface area contributed by atoms with Crippen LogP contribution in [0.3, 0.4) is 0 Å². The molecular weight excluding hydrogens is 456 g/mol. The molecule has 1 aliphatic rings. The number of fused-ring (bicyclic) bond motifs is 1. The van der Waals surface area contributed by atoms with E-state index >= 15 is 0 Å². The van der Waals surface area contributed by atoms with Gasteiger partial charge in [-0.15, -0.1) is 12.4 Å². The minimum atomic E-state index is -0.952. The third kappa shape index (κ3) is 4.77. The molecule has 0 spiro atoms. The lowest BCUT2D eigenvalue weighted by atomic mass is 9.87. The number of carboxylic acid groups (broad SMARTS) is 1. The predicted octanol–water partition coefficient (Wildman–Crippen LogP) is 4.85. The molecule has 0 saturated heterocycles. The zero-order valence-corrected chi connectivity index (χ0v) is 18.9. The molecule has 1 unspecified atom stereocenters. The first-order valence-electron chi connectivity index (χ1n) is 10.2. The molecule has 9 heteroatoms. The Labute approximate surface area is 195 Å². The maximum atomic E-state index is 14.1. The van der Waals surface area contributed by atoms with Crippen LogP contribution in [0, 0.1) is 16.4 Å². The fourth-order valence-electron chi connectivity index (χ4n) is 4.33.